The van der Waals surface area contributed by atoms with Crippen LogP contribution in [0.3, 0.4) is 0 Å². The van der Waals surface area contributed by atoms with Crippen LogP contribution in [-0.2, 0) is 14.3 Å². The van der Waals surface area contributed by atoms with E-state index in [0.29, 0.717) is 24.7 Å². The highest BCUT2D eigenvalue weighted by atomic mass is 16.6. The van der Waals surface area contributed by atoms with Gasteiger partial charge in [0.25, 0.3) is 5.91 Å². The van der Waals surface area contributed by atoms with Gasteiger partial charge in [0.15, 0.2) is 18.1 Å². The molecule has 3 rings (SSSR count). The Hall–Kier alpha value is -3.28. The molecule has 1 aliphatic heterocycles. The molecule has 1 N–H and O–H groups in total. The SMILES string of the molecule is CC(C)c1ccccc1NC(=O)COC(=O)/C=C/c1ccc2c(c1)OCCO2. The van der Waals surface area contributed by atoms with Crippen molar-refractivity contribution < 1.29 is 23.8 Å². The first kappa shape index (κ1) is 19.5. The fraction of sp³-hybridized carbons (Fsp3) is 0.273. The van der Waals surface area contributed by atoms with Gasteiger partial charge in [-0.2, -0.15) is 0 Å². The highest BCUT2D eigenvalue weighted by Crippen LogP contribution is 2.31. The van der Waals surface area contributed by atoms with Gasteiger partial charge in [-0.15, -0.1) is 0 Å². The average Bonchev–Trinajstić information content (AvgIpc) is 2.70. The van der Waals surface area contributed by atoms with Gasteiger partial charge in [0, 0.05) is 11.8 Å². The molecule has 0 fully saturated rings. The first-order chi connectivity index (χ1) is 13.5. The lowest BCUT2D eigenvalue weighted by atomic mass is 10.0. The first-order valence-electron chi connectivity index (χ1n) is 9.16. The molecule has 0 bridgehead atoms. The molecule has 0 saturated heterocycles. The van der Waals surface area contributed by atoms with Gasteiger partial charge in [0.05, 0.1) is 0 Å². The van der Waals surface area contributed by atoms with Gasteiger partial charge in [-0.1, -0.05) is 38.1 Å². The van der Waals surface area contributed by atoms with Crippen LogP contribution in [0.4, 0.5) is 5.69 Å². The number of carbonyl (C=O) groups excluding carboxylic acids is 2. The van der Waals surface area contributed by atoms with Crippen molar-refractivity contribution in [2.45, 2.75) is 19.8 Å². The van der Waals surface area contributed by atoms with E-state index in [1.54, 1.807) is 18.2 Å². The minimum Gasteiger partial charge on any atom is -0.486 e. The van der Waals surface area contributed by atoms with E-state index in [0.717, 1.165) is 16.8 Å². The van der Waals surface area contributed by atoms with Crippen LogP contribution in [0.2, 0.25) is 0 Å². The largest absolute Gasteiger partial charge is 0.486 e. The topological polar surface area (TPSA) is 73.9 Å². The number of amides is 1. The monoisotopic (exact) mass is 381 g/mol. The van der Waals surface area contributed by atoms with Crippen molar-refractivity contribution in [2.75, 3.05) is 25.1 Å². The van der Waals surface area contributed by atoms with E-state index in [1.807, 2.05) is 44.2 Å². The quantitative estimate of drug-likeness (QED) is 0.609. The molecule has 1 amide bonds. The molecular formula is C22H23NO5. The van der Waals surface area contributed by atoms with Crippen molar-refractivity contribution in [1.82, 2.24) is 0 Å². The molecule has 0 unspecified atom stereocenters. The Morgan fingerprint density at radius 3 is 2.64 bits per heavy atom. The zero-order valence-electron chi connectivity index (χ0n) is 15.9. The lowest BCUT2D eigenvalue weighted by Gasteiger charge is -2.18. The molecule has 6 nitrogen and oxygen atoms in total. The number of benzene rings is 2. The molecule has 2 aromatic rings. The van der Waals surface area contributed by atoms with Crippen molar-refractivity contribution in [3.63, 3.8) is 0 Å². The normalized spacial score (nSPS) is 12.8. The maximum atomic E-state index is 12.1. The number of carbonyl (C=O) groups is 2. The number of ether oxygens (including phenoxy) is 3. The summed E-state index contributed by atoms with van der Waals surface area (Å²) >= 11 is 0. The third kappa shape index (κ3) is 5.13. The summed E-state index contributed by atoms with van der Waals surface area (Å²) in [6, 6.07) is 13.0. The summed E-state index contributed by atoms with van der Waals surface area (Å²) in [6.45, 7) is 4.77. The number of hydrogen-bond acceptors (Lipinski definition) is 5. The number of para-hydroxylation sites is 1. The lowest BCUT2D eigenvalue weighted by molar-refractivity contribution is -0.142. The minimum absolute atomic E-state index is 0.271. The van der Waals surface area contributed by atoms with Crippen LogP contribution in [0.25, 0.3) is 6.08 Å². The van der Waals surface area contributed by atoms with Crippen LogP contribution in [0.5, 0.6) is 11.5 Å². The maximum Gasteiger partial charge on any atom is 0.331 e. The van der Waals surface area contributed by atoms with Crippen LogP contribution in [-0.4, -0.2) is 31.7 Å². The van der Waals surface area contributed by atoms with Crippen LogP contribution in [0, 0.1) is 0 Å². The fourth-order valence-corrected chi connectivity index (χ4v) is 2.81. The summed E-state index contributed by atoms with van der Waals surface area (Å²) in [5, 5.41) is 2.78. The van der Waals surface area contributed by atoms with Crippen LogP contribution < -0.4 is 14.8 Å². The third-order valence-corrected chi connectivity index (χ3v) is 4.18. The summed E-state index contributed by atoms with van der Waals surface area (Å²) < 4.78 is 16.0. The Morgan fingerprint density at radius 2 is 1.86 bits per heavy atom. The highest BCUT2D eigenvalue weighted by molar-refractivity contribution is 5.95. The van der Waals surface area contributed by atoms with Crippen LogP contribution >= 0.6 is 0 Å². The number of nitrogens with one attached hydrogen (secondary N) is 1. The van der Waals surface area contributed by atoms with Crippen molar-refractivity contribution in [2.24, 2.45) is 0 Å². The second-order valence-electron chi connectivity index (χ2n) is 6.63. The Labute approximate surface area is 164 Å². The molecule has 0 spiro atoms. The predicted octanol–water partition coefficient (Wildman–Crippen LogP) is 3.78. The Bertz CT molecular complexity index is 888. The molecule has 0 atom stereocenters. The van der Waals surface area contributed by atoms with Crippen molar-refractivity contribution in [3.8, 4) is 11.5 Å². The molecule has 2 aromatic carbocycles. The van der Waals surface area contributed by atoms with E-state index in [1.165, 1.54) is 6.08 Å². The average molecular weight is 381 g/mol. The molecule has 0 aliphatic carbocycles. The van der Waals surface area contributed by atoms with Crippen LogP contribution in [0.1, 0.15) is 30.9 Å². The Balaban J connectivity index is 1.51. The van der Waals surface area contributed by atoms with Crippen molar-refractivity contribution in [3.05, 3.63) is 59.7 Å². The number of rotatable bonds is 6. The van der Waals surface area contributed by atoms with Crippen LogP contribution in [0.15, 0.2) is 48.5 Å². The standard InChI is InChI=1S/C22H23NO5/c1-15(2)17-5-3-4-6-18(17)23-21(24)14-28-22(25)10-8-16-7-9-19-20(13-16)27-12-11-26-19/h3-10,13,15H,11-12,14H2,1-2H3,(H,23,24)/b10-8+. The summed E-state index contributed by atoms with van der Waals surface area (Å²) in [6.07, 6.45) is 2.88. The second-order valence-corrected chi connectivity index (χ2v) is 6.63. The summed E-state index contributed by atoms with van der Waals surface area (Å²) in [7, 11) is 0. The smallest absolute Gasteiger partial charge is 0.331 e. The van der Waals surface area contributed by atoms with Crippen molar-refractivity contribution in [1.29, 1.82) is 0 Å². The van der Waals surface area contributed by atoms with E-state index < -0.39 is 5.97 Å². The van der Waals surface area contributed by atoms with E-state index in [4.69, 9.17) is 14.2 Å². The Morgan fingerprint density at radius 1 is 1.11 bits per heavy atom. The molecule has 6 heteroatoms. The van der Waals surface area contributed by atoms with Gasteiger partial charge in [0.1, 0.15) is 13.2 Å². The van der Waals surface area contributed by atoms with E-state index in [2.05, 4.69) is 5.32 Å². The van der Waals surface area contributed by atoms with Crippen molar-refractivity contribution >= 4 is 23.6 Å². The molecule has 1 heterocycles. The van der Waals surface area contributed by atoms with Gasteiger partial charge in [-0.3, -0.25) is 4.79 Å². The maximum absolute atomic E-state index is 12.1. The van der Waals surface area contributed by atoms with Gasteiger partial charge in [0.2, 0.25) is 0 Å². The van der Waals surface area contributed by atoms with E-state index in [9.17, 15) is 9.59 Å². The van der Waals surface area contributed by atoms with E-state index in [-0.39, 0.29) is 18.4 Å². The number of hydrogen-bond donors (Lipinski definition) is 1. The zero-order chi connectivity index (χ0) is 19.9. The van der Waals surface area contributed by atoms with E-state index >= 15 is 0 Å². The molecule has 0 saturated carbocycles. The third-order valence-electron chi connectivity index (χ3n) is 4.18. The summed E-state index contributed by atoms with van der Waals surface area (Å²) in [4.78, 5) is 24.0. The highest BCUT2D eigenvalue weighted by Gasteiger charge is 2.12. The second kappa shape index (κ2) is 9.08. The molecule has 146 valence electrons. The molecule has 0 aromatic heterocycles. The zero-order valence-corrected chi connectivity index (χ0v) is 15.9. The predicted molar refractivity (Wildman–Crippen MR) is 107 cm³/mol. The molecule has 28 heavy (non-hydrogen) atoms. The number of fused-ring (bicyclic) bond motifs is 1. The lowest BCUT2D eigenvalue weighted by Crippen LogP contribution is -2.21. The van der Waals surface area contributed by atoms with Gasteiger partial charge in [-0.05, 0) is 41.3 Å². The summed E-state index contributed by atoms with van der Waals surface area (Å²) in [5.74, 6) is 0.624. The van der Waals surface area contributed by atoms with Gasteiger partial charge in [-0.25, -0.2) is 4.79 Å². The van der Waals surface area contributed by atoms with Gasteiger partial charge >= 0.3 is 5.97 Å². The number of esters is 1. The summed E-state index contributed by atoms with van der Waals surface area (Å²) in [5.41, 5.74) is 2.53. The molecule has 0 radical (unpaired) electrons. The number of anilines is 1. The Kier molecular flexibility index (Phi) is 6.32. The first-order valence-corrected chi connectivity index (χ1v) is 9.16. The minimum atomic E-state index is -0.595. The molecular weight excluding hydrogens is 358 g/mol. The molecule has 1 aliphatic rings. The van der Waals surface area contributed by atoms with Gasteiger partial charge < -0.3 is 19.5 Å². The fourth-order valence-electron chi connectivity index (χ4n) is 2.81.